The molecule has 0 aliphatic carbocycles. The molecular weight excluding hydrogens is 402 g/mol. The fourth-order valence-corrected chi connectivity index (χ4v) is 3.59. The SMILES string of the molecule is N#Cc1ccc(COCC2CCN(CC(=O)N3CCCC3)CC2)cc1.O=C(O)C(=O)O. The molecule has 2 saturated heterocycles. The van der Waals surface area contributed by atoms with Crippen molar-refractivity contribution in [2.75, 3.05) is 39.3 Å². The van der Waals surface area contributed by atoms with Gasteiger partial charge in [0.05, 0.1) is 24.8 Å². The molecular formula is C22H29N3O6. The van der Waals surface area contributed by atoms with Crippen LogP contribution in [0.15, 0.2) is 24.3 Å². The summed E-state index contributed by atoms with van der Waals surface area (Å²) in [5.41, 5.74) is 1.78. The molecule has 2 heterocycles. The summed E-state index contributed by atoms with van der Waals surface area (Å²) in [7, 11) is 0. The molecule has 1 aromatic rings. The van der Waals surface area contributed by atoms with Crippen LogP contribution in [0, 0.1) is 17.2 Å². The number of carboxylic acid groups (broad SMARTS) is 2. The van der Waals surface area contributed by atoms with Crippen LogP contribution >= 0.6 is 0 Å². The first-order valence-corrected chi connectivity index (χ1v) is 10.4. The number of rotatable bonds is 6. The minimum Gasteiger partial charge on any atom is -0.473 e. The van der Waals surface area contributed by atoms with Gasteiger partial charge in [0.1, 0.15) is 0 Å². The monoisotopic (exact) mass is 431 g/mol. The molecule has 0 bridgehead atoms. The Balaban J connectivity index is 0.000000501. The number of piperidine rings is 1. The number of aliphatic carboxylic acids is 2. The number of amides is 1. The minimum absolute atomic E-state index is 0.299. The highest BCUT2D eigenvalue weighted by molar-refractivity contribution is 6.27. The molecule has 0 radical (unpaired) electrons. The number of carbonyl (C=O) groups excluding carboxylic acids is 1. The minimum atomic E-state index is -1.82. The van der Waals surface area contributed by atoms with Crippen LogP contribution in [0.25, 0.3) is 0 Å². The smallest absolute Gasteiger partial charge is 0.414 e. The zero-order valence-electron chi connectivity index (χ0n) is 17.5. The van der Waals surface area contributed by atoms with Crippen LogP contribution in [0.5, 0.6) is 0 Å². The number of carboxylic acids is 2. The van der Waals surface area contributed by atoms with E-state index in [1.165, 1.54) is 0 Å². The third kappa shape index (κ3) is 8.74. The molecule has 9 heteroatoms. The summed E-state index contributed by atoms with van der Waals surface area (Å²) in [6.07, 6.45) is 4.51. The highest BCUT2D eigenvalue weighted by Gasteiger charge is 2.24. The molecule has 0 aromatic heterocycles. The van der Waals surface area contributed by atoms with Gasteiger partial charge in [-0.25, -0.2) is 9.59 Å². The Bertz CT molecular complexity index is 763. The lowest BCUT2D eigenvalue weighted by molar-refractivity contribution is -0.159. The second kappa shape index (κ2) is 12.7. The van der Waals surface area contributed by atoms with Gasteiger partial charge in [0.2, 0.25) is 5.91 Å². The number of carbonyl (C=O) groups is 3. The summed E-state index contributed by atoms with van der Waals surface area (Å²) >= 11 is 0. The predicted molar refractivity (Wildman–Crippen MR) is 111 cm³/mol. The quantitative estimate of drug-likeness (QED) is 0.649. The summed E-state index contributed by atoms with van der Waals surface area (Å²) in [4.78, 5) is 34.7. The number of hydrogen-bond acceptors (Lipinski definition) is 6. The van der Waals surface area contributed by atoms with Crippen LogP contribution in [-0.2, 0) is 25.7 Å². The Morgan fingerprint density at radius 2 is 1.58 bits per heavy atom. The molecule has 2 fully saturated rings. The van der Waals surface area contributed by atoms with Gasteiger partial charge in [-0.3, -0.25) is 9.69 Å². The van der Waals surface area contributed by atoms with Gasteiger partial charge < -0.3 is 19.8 Å². The van der Waals surface area contributed by atoms with Crippen molar-refractivity contribution in [2.24, 2.45) is 5.92 Å². The Morgan fingerprint density at radius 1 is 1.00 bits per heavy atom. The lowest BCUT2D eigenvalue weighted by Gasteiger charge is -2.32. The fraction of sp³-hybridized carbons (Fsp3) is 0.545. The van der Waals surface area contributed by atoms with E-state index in [0.29, 0.717) is 30.5 Å². The molecule has 9 nitrogen and oxygen atoms in total. The van der Waals surface area contributed by atoms with Gasteiger partial charge in [0.25, 0.3) is 0 Å². The van der Waals surface area contributed by atoms with Crippen LogP contribution in [0.1, 0.15) is 36.8 Å². The summed E-state index contributed by atoms with van der Waals surface area (Å²) in [5.74, 6) is -2.77. The second-order valence-corrected chi connectivity index (χ2v) is 7.74. The van der Waals surface area contributed by atoms with E-state index in [4.69, 9.17) is 29.8 Å². The first-order valence-electron chi connectivity index (χ1n) is 10.4. The van der Waals surface area contributed by atoms with Gasteiger partial charge in [0.15, 0.2) is 0 Å². The molecule has 0 spiro atoms. The van der Waals surface area contributed by atoms with Crippen molar-refractivity contribution >= 4 is 17.8 Å². The summed E-state index contributed by atoms with van der Waals surface area (Å²) in [6.45, 7) is 5.82. The Labute approximate surface area is 181 Å². The topological polar surface area (TPSA) is 131 Å². The average Bonchev–Trinajstić information content (AvgIpc) is 3.31. The number of ether oxygens (including phenoxy) is 1. The fourth-order valence-electron chi connectivity index (χ4n) is 3.59. The molecule has 1 aromatic carbocycles. The molecule has 1 amide bonds. The molecule has 3 rings (SSSR count). The number of benzene rings is 1. The van der Waals surface area contributed by atoms with E-state index in [0.717, 1.165) is 64.0 Å². The Hall–Kier alpha value is -2.96. The van der Waals surface area contributed by atoms with Gasteiger partial charge in [-0.15, -0.1) is 0 Å². The molecule has 0 unspecified atom stereocenters. The van der Waals surface area contributed by atoms with Crippen LogP contribution in [0.2, 0.25) is 0 Å². The van der Waals surface area contributed by atoms with E-state index in [1.54, 1.807) is 0 Å². The number of nitrogens with zero attached hydrogens (tertiary/aromatic N) is 3. The van der Waals surface area contributed by atoms with Gasteiger partial charge in [0, 0.05) is 19.7 Å². The highest BCUT2D eigenvalue weighted by Crippen LogP contribution is 2.19. The van der Waals surface area contributed by atoms with Crippen LogP contribution in [-0.4, -0.2) is 77.2 Å². The lowest BCUT2D eigenvalue weighted by atomic mass is 9.98. The van der Waals surface area contributed by atoms with Crippen molar-refractivity contribution < 1.29 is 29.3 Å². The molecule has 2 aliphatic heterocycles. The standard InChI is InChI=1S/C20H27N3O2.C2H2O4/c21-13-17-3-5-18(6-4-17)15-25-16-19-7-11-22(12-8-19)14-20(24)23-9-1-2-10-23;3-1(4)2(5)6/h3-6,19H,1-2,7-12,14-16H2;(H,3,4)(H,5,6). The third-order valence-corrected chi connectivity index (χ3v) is 5.41. The average molecular weight is 431 g/mol. The maximum absolute atomic E-state index is 12.2. The highest BCUT2D eigenvalue weighted by atomic mass is 16.5. The number of likely N-dealkylation sites (tertiary alicyclic amines) is 2. The van der Waals surface area contributed by atoms with Crippen molar-refractivity contribution in [3.8, 4) is 6.07 Å². The molecule has 168 valence electrons. The third-order valence-electron chi connectivity index (χ3n) is 5.41. The summed E-state index contributed by atoms with van der Waals surface area (Å²) in [6, 6.07) is 9.68. The van der Waals surface area contributed by atoms with Crippen LogP contribution in [0.4, 0.5) is 0 Å². The number of nitriles is 1. The van der Waals surface area contributed by atoms with Gasteiger partial charge in [-0.1, -0.05) is 12.1 Å². The summed E-state index contributed by atoms with van der Waals surface area (Å²) in [5, 5.41) is 23.6. The van der Waals surface area contributed by atoms with E-state index in [9.17, 15) is 4.79 Å². The lowest BCUT2D eigenvalue weighted by Crippen LogP contribution is -2.43. The molecule has 0 saturated carbocycles. The first-order chi connectivity index (χ1) is 14.9. The van der Waals surface area contributed by atoms with E-state index in [2.05, 4.69) is 11.0 Å². The van der Waals surface area contributed by atoms with Gasteiger partial charge >= 0.3 is 11.9 Å². The maximum atomic E-state index is 12.2. The van der Waals surface area contributed by atoms with Gasteiger partial charge in [-0.05, 0) is 62.4 Å². The van der Waals surface area contributed by atoms with E-state index in [1.807, 2.05) is 29.2 Å². The molecule has 0 atom stereocenters. The van der Waals surface area contributed by atoms with Gasteiger partial charge in [-0.2, -0.15) is 5.26 Å². The van der Waals surface area contributed by atoms with Crippen molar-refractivity contribution in [1.82, 2.24) is 9.80 Å². The van der Waals surface area contributed by atoms with Crippen molar-refractivity contribution in [2.45, 2.75) is 32.3 Å². The predicted octanol–water partition coefficient (Wildman–Crippen LogP) is 1.56. The van der Waals surface area contributed by atoms with Crippen LogP contribution < -0.4 is 0 Å². The number of hydrogen-bond donors (Lipinski definition) is 2. The van der Waals surface area contributed by atoms with E-state index in [-0.39, 0.29) is 0 Å². The van der Waals surface area contributed by atoms with Crippen LogP contribution in [0.3, 0.4) is 0 Å². The van der Waals surface area contributed by atoms with E-state index < -0.39 is 11.9 Å². The van der Waals surface area contributed by atoms with Crippen molar-refractivity contribution in [3.05, 3.63) is 35.4 Å². The molecule has 2 aliphatic rings. The zero-order valence-corrected chi connectivity index (χ0v) is 17.5. The first kappa shape index (κ1) is 24.3. The van der Waals surface area contributed by atoms with E-state index >= 15 is 0 Å². The second-order valence-electron chi connectivity index (χ2n) is 7.74. The Kier molecular flexibility index (Phi) is 9.94. The largest absolute Gasteiger partial charge is 0.473 e. The van der Waals surface area contributed by atoms with Crippen molar-refractivity contribution in [1.29, 1.82) is 5.26 Å². The molecule has 31 heavy (non-hydrogen) atoms. The zero-order chi connectivity index (χ0) is 22.6. The molecule has 2 N–H and O–H groups in total. The van der Waals surface area contributed by atoms with Crippen molar-refractivity contribution in [3.63, 3.8) is 0 Å². The maximum Gasteiger partial charge on any atom is 0.414 e. The summed E-state index contributed by atoms with van der Waals surface area (Å²) < 4.78 is 5.85. The normalized spacial score (nSPS) is 16.8. The Morgan fingerprint density at radius 3 is 2.10 bits per heavy atom.